The molecular weight excluding hydrogens is 411 g/mol. The topological polar surface area (TPSA) is 76.9 Å². The van der Waals surface area contributed by atoms with E-state index in [0.717, 1.165) is 24.2 Å². The zero-order valence-electron chi connectivity index (χ0n) is 17.0. The molecule has 0 aliphatic carbocycles. The molecule has 0 unspecified atom stereocenters. The molecule has 30 heavy (non-hydrogen) atoms. The van der Waals surface area contributed by atoms with Gasteiger partial charge in [-0.15, -0.1) is 0 Å². The van der Waals surface area contributed by atoms with E-state index in [1.165, 1.54) is 16.4 Å². The average molecular weight is 439 g/mol. The lowest BCUT2D eigenvalue weighted by Crippen LogP contribution is -2.48. The molecule has 0 spiro atoms. The highest BCUT2D eigenvalue weighted by Crippen LogP contribution is 2.26. The number of morpholine rings is 1. The molecule has 1 aromatic carbocycles. The van der Waals surface area contributed by atoms with Crippen LogP contribution in [0.5, 0.6) is 5.75 Å². The lowest BCUT2D eigenvalue weighted by atomic mass is 10.2. The summed E-state index contributed by atoms with van der Waals surface area (Å²) in [6.07, 6.45) is 2.05. The second-order valence-electron chi connectivity index (χ2n) is 7.57. The van der Waals surface area contributed by atoms with Crippen LogP contribution < -0.4 is 4.74 Å². The SMILES string of the molecule is Cn1nc([C@H]2CN(S(=O)(=O)N3CCCC3)CCO2)cc1CCOc1ccc(F)cc1. The van der Waals surface area contributed by atoms with Crippen molar-refractivity contribution < 1.29 is 22.3 Å². The van der Waals surface area contributed by atoms with Crippen LogP contribution in [0.4, 0.5) is 4.39 Å². The molecule has 0 N–H and O–H groups in total. The number of hydrogen-bond donors (Lipinski definition) is 0. The lowest BCUT2D eigenvalue weighted by Gasteiger charge is -2.33. The summed E-state index contributed by atoms with van der Waals surface area (Å²) < 4.78 is 55.0. The number of nitrogens with zero attached hydrogens (tertiary/aromatic N) is 4. The van der Waals surface area contributed by atoms with Gasteiger partial charge in [0.2, 0.25) is 0 Å². The Kier molecular flexibility index (Phi) is 6.37. The summed E-state index contributed by atoms with van der Waals surface area (Å²) in [6.45, 7) is 2.57. The van der Waals surface area contributed by atoms with Crippen molar-refractivity contribution in [2.45, 2.75) is 25.4 Å². The zero-order chi connectivity index (χ0) is 21.1. The standard InChI is InChI=1S/C20H27FN4O4S/c1-23-17(8-12-28-18-6-4-16(21)5-7-18)14-19(22-23)20-15-25(11-13-29-20)30(26,27)24-9-2-3-10-24/h4-7,14,20H,2-3,8-13,15H2,1H3/t20-/m1/s1. The first-order valence-corrected chi connectivity index (χ1v) is 11.6. The first-order valence-electron chi connectivity index (χ1n) is 10.2. The van der Waals surface area contributed by atoms with E-state index in [-0.39, 0.29) is 12.4 Å². The normalized spacial score (nSPS) is 21.2. The van der Waals surface area contributed by atoms with Gasteiger partial charge in [0.25, 0.3) is 10.2 Å². The number of hydrogen-bond acceptors (Lipinski definition) is 5. The van der Waals surface area contributed by atoms with Gasteiger partial charge in [-0.3, -0.25) is 4.68 Å². The largest absolute Gasteiger partial charge is 0.493 e. The first kappa shape index (κ1) is 21.2. The maximum absolute atomic E-state index is 13.0. The van der Waals surface area contributed by atoms with Crippen LogP contribution >= 0.6 is 0 Å². The van der Waals surface area contributed by atoms with Crippen molar-refractivity contribution in [2.75, 3.05) is 39.4 Å². The predicted molar refractivity (Wildman–Crippen MR) is 109 cm³/mol. The Morgan fingerprint density at radius 1 is 1.17 bits per heavy atom. The molecular formula is C20H27FN4O4S. The highest BCUT2D eigenvalue weighted by molar-refractivity contribution is 7.86. The van der Waals surface area contributed by atoms with Gasteiger partial charge in [-0.25, -0.2) is 4.39 Å². The summed E-state index contributed by atoms with van der Waals surface area (Å²) in [7, 11) is -1.60. The maximum atomic E-state index is 13.0. The van der Waals surface area contributed by atoms with Crippen molar-refractivity contribution in [3.8, 4) is 5.75 Å². The van der Waals surface area contributed by atoms with Gasteiger partial charge in [-0.1, -0.05) is 0 Å². The van der Waals surface area contributed by atoms with E-state index in [2.05, 4.69) is 5.10 Å². The second-order valence-corrected chi connectivity index (χ2v) is 9.50. The minimum absolute atomic E-state index is 0.265. The quantitative estimate of drug-likeness (QED) is 0.660. The lowest BCUT2D eigenvalue weighted by molar-refractivity contribution is -0.00672. The van der Waals surface area contributed by atoms with Crippen molar-refractivity contribution in [3.05, 3.63) is 47.5 Å². The van der Waals surface area contributed by atoms with E-state index in [4.69, 9.17) is 9.47 Å². The van der Waals surface area contributed by atoms with E-state index < -0.39 is 16.3 Å². The highest BCUT2D eigenvalue weighted by atomic mass is 32.2. The van der Waals surface area contributed by atoms with Gasteiger partial charge in [0.15, 0.2) is 0 Å². The van der Waals surface area contributed by atoms with E-state index in [9.17, 15) is 12.8 Å². The molecule has 8 nitrogen and oxygen atoms in total. The van der Waals surface area contributed by atoms with E-state index in [0.29, 0.717) is 45.0 Å². The van der Waals surface area contributed by atoms with E-state index in [1.54, 1.807) is 21.1 Å². The van der Waals surface area contributed by atoms with Crippen LogP contribution in [0.15, 0.2) is 30.3 Å². The fraction of sp³-hybridized carbons (Fsp3) is 0.550. The van der Waals surface area contributed by atoms with Gasteiger partial charge < -0.3 is 9.47 Å². The Balaban J connectivity index is 1.37. The minimum atomic E-state index is -3.45. The molecule has 1 atom stereocenters. The number of aryl methyl sites for hydroxylation is 1. The molecule has 2 aliphatic heterocycles. The van der Waals surface area contributed by atoms with Crippen LogP contribution in [0, 0.1) is 5.82 Å². The number of ether oxygens (including phenoxy) is 2. The monoisotopic (exact) mass is 438 g/mol. The molecule has 0 radical (unpaired) electrons. The Hall–Kier alpha value is -2.01. The molecule has 2 fully saturated rings. The zero-order valence-corrected chi connectivity index (χ0v) is 17.9. The smallest absolute Gasteiger partial charge is 0.282 e. The molecule has 2 saturated heterocycles. The van der Waals surface area contributed by atoms with Crippen molar-refractivity contribution in [1.29, 1.82) is 0 Å². The van der Waals surface area contributed by atoms with Crippen LogP contribution in [0.2, 0.25) is 0 Å². The first-order chi connectivity index (χ1) is 14.4. The average Bonchev–Trinajstić information content (AvgIpc) is 3.41. The molecule has 0 saturated carbocycles. The third-order valence-electron chi connectivity index (χ3n) is 5.51. The third-order valence-corrected chi connectivity index (χ3v) is 7.51. The van der Waals surface area contributed by atoms with Crippen molar-refractivity contribution in [3.63, 3.8) is 0 Å². The van der Waals surface area contributed by atoms with Crippen LogP contribution in [0.1, 0.15) is 30.3 Å². The molecule has 10 heteroatoms. The number of rotatable bonds is 7. The van der Waals surface area contributed by atoms with Crippen molar-refractivity contribution >= 4 is 10.2 Å². The fourth-order valence-electron chi connectivity index (χ4n) is 3.82. The molecule has 0 bridgehead atoms. The van der Waals surface area contributed by atoms with Crippen LogP contribution in [-0.2, 0) is 28.4 Å². The van der Waals surface area contributed by atoms with Gasteiger partial charge in [0.1, 0.15) is 17.7 Å². The van der Waals surface area contributed by atoms with Gasteiger partial charge in [0, 0.05) is 45.3 Å². The molecule has 164 valence electrons. The summed E-state index contributed by atoms with van der Waals surface area (Å²) in [5, 5.41) is 4.54. The second kappa shape index (κ2) is 9.01. The van der Waals surface area contributed by atoms with Gasteiger partial charge in [-0.05, 0) is 43.2 Å². The molecule has 2 aliphatic rings. The summed E-state index contributed by atoms with van der Waals surface area (Å²) in [6, 6.07) is 7.84. The Morgan fingerprint density at radius 2 is 1.90 bits per heavy atom. The number of benzene rings is 1. The molecule has 4 rings (SSSR count). The van der Waals surface area contributed by atoms with Crippen molar-refractivity contribution in [2.24, 2.45) is 7.05 Å². The third kappa shape index (κ3) is 4.66. The molecule has 3 heterocycles. The van der Waals surface area contributed by atoms with Crippen LogP contribution in [-0.4, -0.2) is 66.2 Å². The Bertz CT molecular complexity index is 958. The Labute approximate surface area is 176 Å². The van der Waals surface area contributed by atoms with E-state index in [1.807, 2.05) is 13.1 Å². The van der Waals surface area contributed by atoms with Crippen molar-refractivity contribution in [1.82, 2.24) is 18.4 Å². The highest BCUT2D eigenvalue weighted by Gasteiger charge is 2.36. The Morgan fingerprint density at radius 3 is 2.63 bits per heavy atom. The van der Waals surface area contributed by atoms with E-state index >= 15 is 0 Å². The van der Waals surface area contributed by atoms with Gasteiger partial charge in [-0.2, -0.15) is 22.1 Å². The number of halogens is 1. The minimum Gasteiger partial charge on any atom is -0.493 e. The summed E-state index contributed by atoms with van der Waals surface area (Å²) in [5.41, 5.74) is 1.67. The van der Waals surface area contributed by atoms with Crippen LogP contribution in [0.3, 0.4) is 0 Å². The number of aromatic nitrogens is 2. The summed E-state index contributed by atoms with van der Waals surface area (Å²) in [4.78, 5) is 0. The molecule has 1 aromatic heterocycles. The fourth-order valence-corrected chi connectivity index (χ4v) is 5.50. The predicted octanol–water partition coefficient (Wildman–Crippen LogP) is 1.89. The summed E-state index contributed by atoms with van der Waals surface area (Å²) in [5.74, 6) is 0.309. The van der Waals surface area contributed by atoms with Crippen LogP contribution in [0.25, 0.3) is 0 Å². The molecule has 2 aromatic rings. The van der Waals surface area contributed by atoms with Gasteiger partial charge in [0.05, 0.1) is 18.9 Å². The van der Waals surface area contributed by atoms with Gasteiger partial charge >= 0.3 is 0 Å². The molecule has 0 amide bonds. The summed E-state index contributed by atoms with van der Waals surface area (Å²) >= 11 is 0. The maximum Gasteiger partial charge on any atom is 0.282 e.